The van der Waals surface area contributed by atoms with Gasteiger partial charge in [0.25, 0.3) is 0 Å². The number of fused-ring (bicyclic) bond motifs is 1. The largest absolute Gasteiger partial charge is 0.385 e. The van der Waals surface area contributed by atoms with Gasteiger partial charge in [-0.1, -0.05) is 35.9 Å². The number of hydrogen-bond donors (Lipinski definition) is 2. The summed E-state index contributed by atoms with van der Waals surface area (Å²) in [4.78, 5) is 4.23. The molecule has 1 aliphatic rings. The van der Waals surface area contributed by atoms with Crippen LogP contribution in [0.15, 0.2) is 36.4 Å². The molecule has 1 aromatic carbocycles. The molecule has 0 spiro atoms. The molecule has 0 amide bonds. The average molecular weight is 274 g/mol. The fourth-order valence-electron chi connectivity index (χ4n) is 2.42. The molecule has 3 rings (SSSR count). The van der Waals surface area contributed by atoms with Gasteiger partial charge >= 0.3 is 0 Å². The van der Waals surface area contributed by atoms with Crippen molar-refractivity contribution in [3.05, 3.63) is 52.7 Å². The Labute approximate surface area is 118 Å². The number of rotatable bonds is 3. The summed E-state index contributed by atoms with van der Waals surface area (Å²) in [7, 11) is 0. The maximum atomic E-state index is 5.88. The van der Waals surface area contributed by atoms with Gasteiger partial charge < -0.3 is 10.6 Å². The van der Waals surface area contributed by atoms with Gasteiger partial charge in [-0.3, -0.25) is 0 Å². The average Bonchev–Trinajstić information content (AvgIpc) is 2.45. The van der Waals surface area contributed by atoms with E-state index in [1.165, 1.54) is 23.2 Å². The molecule has 0 unspecified atom stereocenters. The number of halogens is 1. The van der Waals surface area contributed by atoms with E-state index in [9.17, 15) is 0 Å². The lowest BCUT2D eigenvalue weighted by Gasteiger charge is -2.21. The van der Waals surface area contributed by atoms with Gasteiger partial charge in [0, 0.05) is 18.8 Å². The molecule has 98 valence electrons. The molecule has 0 radical (unpaired) electrons. The smallest absolute Gasteiger partial charge is 0.131 e. The molecule has 19 heavy (non-hydrogen) atoms. The van der Waals surface area contributed by atoms with Crippen LogP contribution in [0.4, 0.5) is 11.5 Å². The van der Waals surface area contributed by atoms with E-state index in [1.54, 1.807) is 6.07 Å². The molecule has 2 heterocycles. The van der Waals surface area contributed by atoms with Gasteiger partial charge in [-0.2, -0.15) is 0 Å². The Hall–Kier alpha value is -1.74. The molecule has 2 aromatic rings. The van der Waals surface area contributed by atoms with Gasteiger partial charge in [-0.15, -0.1) is 0 Å². The Morgan fingerprint density at radius 1 is 1.21 bits per heavy atom. The summed E-state index contributed by atoms with van der Waals surface area (Å²) >= 11 is 5.88. The van der Waals surface area contributed by atoms with Crippen molar-refractivity contribution in [3.8, 4) is 0 Å². The normalized spacial score (nSPS) is 13.5. The van der Waals surface area contributed by atoms with Gasteiger partial charge in [-0.25, -0.2) is 4.98 Å². The first-order valence-electron chi connectivity index (χ1n) is 6.54. The quantitative estimate of drug-likeness (QED) is 0.837. The highest BCUT2D eigenvalue weighted by molar-refractivity contribution is 6.29. The molecule has 2 N–H and O–H groups in total. The third-order valence-corrected chi connectivity index (χ3v) is 3.55. The number of anilines is 2. The van der Waals surface area contributed by atoms with E-state index in [0.717, 1.165) is 25.3 Å². The lowest BCUT2D eigenvalue weighted by molar-refractivity contribution is 0.824. The molecule has 1 aliphatic heterocycles. The van der Waals surface area contributed by atoms with Gasteiger partial charge in [-0.05, 0) is 36.1 Å². The van der Waals surface area contributed by atoms with Gasteiger partial charge in [0.05, 0.1) is 0 Å². The lowest BCUT2D eigenvalue weighted by atomic mass is 9.99. The third kappa shape index (κ3) is 2.82. The van der Waals surface area contributed by atoms with E-state index in [1.807, 2.05) is 12.1 Å². The van der Waals surface area contributed by atoms with E-state index in [2.05, 4.69) is 33.8 Å². The van der Waals surface area contributed by atoms with Crippen molar-refractivity contribution in [1.29, 1.82) is 0 Å². The van der Waals surface area contributed by atoms with Crippen LogP contribution < -0.4 is 10.6 Å². The second-order valence-electron chi connectivity index (χ2n) is 4.68. The molecule has 0 aliphatic carbocycles. The summed E-state index contributed by atoms with van der Waals surface area (Å²) < 4.78 is 0. The molecular weight excluding hydrogens is 258 g/mol. The van der Waals surface area contributed by atoms with Crippen LogP contribution in [-0.4, -0.2) is 11.5 Å². The maximum absolute atomic E-state index is 5.88. The van der Waals surface area contributed by atoms with Gasteiger partial charge in [0.1, 0.15) is 11.0 Å². The van der Waals surface area contributed by atoms with E-state index < -0.39 is 0 Å². The topological polar surface area (TPSA) is 37.0 Å². The van der Waals surface area contributed by atoms with Gasteiger partial charge in [0.2, 0.25) is 0 Å². The van der Waals surface area contributed by atoms with Gasteiger partial charge in [0.15, 0.2) is 0 Å². The first kappa shape index (κ1) is 12.3. The monoisotopic (exact) mass is 273 g/mol. The second kappa shape index (κ2) is 5.49. The Kier molecular flexibility index (Phi) is 3.56. The number of hydrogen-bond acceptors (Lipinski definition) is 3. The van der Waals surface area contributed by atoms with Crippen molar-refractivity contribution >= 4 is 23.1 Å². The van der Waals surface area contributed by atoms with Crippen LogP contribution in [0.25, 0.3) is 0 Å². The van der Waals surface area contributed by atoms with Crippen molar-refractivity contribution < 1.29 is 0 Å². The zero-order chi connectivity index (χ0) is 13.1. The number of nitrogens with one attached hydrogen (secondary N) is 2. The molecule has 0 atom stereocenters. The van der Waals surface area contributed by atoms with Crippen LogP contribution in [-0.2, 0) is 13.0 Å². The number of benzene rings is 1. The third-order valence-electron chi connectivity index (χ3n) is 3.34. The number of aromatic nitrogens is 1. The van der Waals surface area contributed by atoms with E-state index in [4.69, 9.17) is 11.6 Å². The molecule has 0 bridgehead atoms. The van der Waals surface area contributed by atoms with Crippen LogP contribution >= 0.6 is 11.6 Å². The summed E-state index contributed by atoms with van der Waals surface area (Å²) in [6.45, 7) is 1.81. The van der Waals surface area contributed by atoms with Crippen LogP contribution in [0.2, 0.25) is 5.15 Å². The highest BCUT2D eigenvalue weighted by Gasteiger charge is 2.11. The van der Waals surface area contributed by atoms with Crippen LogP contribution in [0, 0.1) is 0 Å². The van der Waals surface area contributed by atoms with Crippen molar-refractivity contribution in [3.63, 3.8) is 0 Å². The van der Waals surface area contributed by atoms with Crippen molar-refractivity contribution in [1.82, 2.24) is 4.98 Å². The Balaban J connectivity index is 1.77. The first-order valence-corrected chi connectivity index (χ1v) is 6.92. The summed E-state index contributed by atoms with van der Waals surface area (Å²) in [6.07, 6.45) is 2.37. The molecule has 0 saturated heterocycles. The van der Waals surface area contributed by atoms with E-state index in [0.29, 0.717) is 5.15 Å². The molecule has 4 heteroatoms. The summed E-state index contributed by atoms with van der Waals surface area (Å²) in [5.41, 5.74) is 3.96. The van der Waals surface area contributed by atoms with Crippen LogP contribution in [0.3, 0.4) is 0 Å². The summed E-state index contributed by atoms with van der Waals surface area (Å²) in [5.74, 6) is 0.806. The van der Waals surface area contributed by atoms with Crippen LogP contribution in [0.5, 0.6) is 0 Å². The minimum Gasteiger partial charge on any atom is -0.385 e. The molecule has 1 aromatic heterocycles. The zero-order valence-corrected chi connectivity index (χ0v) is 11.4. The highest BCUT2D eigenvalue weighted by atomic mass is 35.5. The molecule has 0 saturated carbocycles. The number of pyridine rings is 1. The minimum atomic E-state index is 0.512. The summed E-state index contributed by atoms with van der Waals surface area (Å²) in [6, 6.07) is 12.1. The lowest BCUT2D eigenvalue weighted by Crippen LogP contribution is -2.15. The predicted molar refractivity (Wildman–Crippen MR) is 79.8 cm³/mol. The van der Waals surface area contributed by atoms with Crippen LogP contribution in [0.1, 0.15) is 17.5 Å². The Morgan fingerprint density at radius 2 is 2.11 bits per heavy atom. The highest BCUT2D eigenvalue weighted by Crippen LogP contribution is 2.26. The molecule has 0 fully saturated rings. The van der Waals surface area contributed by atoms with E-state index >= 15 is 0 Å². The fraction of sp³-hybridized carbons (Fsp3) is 0.267. The van der Waals surface area contributed by atoms with Crippen molar-refractivity contribution in [2.45, 2.75) is 19.4 Å². The first-order chi connectivity index (χ1) is 9.33. The van der Waals surface area contributed by atoms with Crippen molar-refractivity contribution in [2.75, 3.05) is 17.2 Å². The predicted octanol–water partition coefficient (Wildman–Crippen LogP) is 3.71. The Morgan fingerprint density at radius 3 is 3.00 bits per heavy atom. The SMILES string of the molecule is Clc1cccc(NCc2cccc3c2NCCC3)n1. The Bertz CT molecular complexity index is 583. The maximum Gasteiger partial charge on any atom is 0.131 e. The zero-order valence-electron chi connectivity index (χ0n) is 10.6. The standard InChI is InChI=1S/C15H16ClN3/c16-13-7-2-8-14(19-13)18-10-12-5-1-4-11-6-3-9-17-15(11)12/h1-2,4-5,7-8,17H,3,6,9-10H2,(H,18,19). The second-order valence-corrected chi connectivity index (χ2v) is 5.07. The number of aryl methyl sites for hydroxylation is 1. The molecule has 3 nitrogen and oxygen atoms in total. The fourth-order valence-corrected chi connectivity index (χ4v) is 2.58. The minimum absolute atomic E-state index is 0.512. The van der Waals surface area contributed by atoms with Crippen molar-refractivity contribution in [2.24, 2.45) is 0 Å². The van der Waals surface area contributed by atoms with E-state index in [-0.39, 0.29) is 0 Å². The number of nitrogens with zero attached hydrogens (tertiary/aromatic N) is 1. The summed E-state index contributed by atoms with van der Waals surface area (Å²) in [5, 5.41) is 7.32. The number of para-hydroxylation sites is 1. The molecular formula is C15H16ClN3.